The van der Waals surface area contributed by atoms with Gasteiger partial charge >= 0.3 is 0 Å². The van der Waals surface area contributed by atoms with E-state index in [0.717, 1.165) is 16.7 Å². The van der Waals surface area contributed by atoms with Crippen molar-refractivity contribution < 1.29 is 9.53 Å². The summed E-state index contributed by atoms with van der Waals surface area (Å²) in [6.45, 7) is 0. The van der Waals surface area contributed by atoms with Crippen LogP contribution in [0.25, 0.3) is 0 Å². The summed E-state index contributed by atoms with van der Waals surface area (Å²) in [4.78, 5) is 12.0. The number of ketones is 1. The van der Waals surface area contributed by atoms with Crippen LogP contribution in [0.4, 0.5) is 0 Å². The van der Waals surface area contributed by atoms with E-state index >= 15 is 0 Å². The minimum Gasteiger partial charge on any atom is -0.495 e. The molecule has 3 rings (SSSR count). The maximum Gasteiger partial charge on any atom is 0.138 e. The van der Waals surface area contributed by atoms with Crippen LogP contribution in [0.5, 0.6) is 5.75 Å². The maximum absolute atomic E-state index is 12.0. The number of Topliss-reactive ketones (excluding diaryl/α,β-unsaturated/α-hetero) is 1. The van der Waals surface area contributed by atoms with E-state index in [9.17, 15) is 4.79 Å². The first-order valence-electron chi connectivity index (χ1n) is 6.62. The van der Waals surface area contributed by atoms with Crippen molar-refractivity contribution in [3.63, 3.8) is 0 Å². The molecule has 1 aliphatic carbocycles. The molecule has 0 aromatic heterocycles. The van der Waals surface area contributed by atoms with Crippen molar-refractivity contribution in [3.05, 3.63) is 64.2 Å². The van der Waals surface area contributed by atoms with Gasteiger partial charge in [0.05, 0.1) is 12.1 Å². The Morgan fingerprint density at radius 1 is 1.20 bits per heavy atom. The smallest absolute Gasteiger partial charge is 0.138 e. The molecule has 0 saturated heterocycles. The van der Waals surface area contributed by atoms with Crippen LogP contribution >= 0.6 is 11.6 Å². The molecule has 0 spiro atoms. The average molecular weight is 287 g/mol. The normalized spacial score (nSPS) is 17.7. The van der Waals surface area contributed by atoms with Crippen molar-refractivity contribution in [1.29, 1.82) is 0 Å². The van der Waals surface area contributed by atoms with Gasteiger partial charge in [-0.3, -0.25) is 4.79 Å². The van der Waals surface area contributed by atoms with Crippen molar-refractivity contribution in [2.45, 2.75) is 18.8 Å². The van der Waals surface area contributed by atoms with Gasteiger partial charge in [-0.25, -0.2) is 0 Å². The number of carbonyl (C=O) groups excluding carboxylic acids is 1. The molecule has 0 N–H and O–H groups in total. The third-order valence-corrected chi connectivity index (χ3v) is 4.11. The van der Waals surface area contributed by atoms with Gasteiger partial charge in [0.25, 0.3) is 0 Å². The van der Waals surface area contributed by atoms with Crippen molar-refractivity contribution in [1.82, 2.24) is 0 Å². The molecule has 1 atom stereocenters. The SMILES string of the molecule is COc1cc2c(cc1Cl)CC(=O)C[C@H]2c1ccccc1. The van der Waals surface area contributed by atoms with Gasteiger partial charge in [0.1, 0.15) is 11.5 Å². The molecule has 2 nitrogen and oxygen atoms in total. The molecule has 2 aromatic rings. The van der Waals surface area contributed by atoms with Crippen molar-refractivity contribution in [2.75, 3.05) is 7.11 Å². The van der Waals surface area contributed by atoms with Gasteiger partial charge in [0, 0.05) is 18.8 Å². The van der Waals surface area contributed by atoms with Crippen LogP contribution in [-0.2, 0) is 11.2 Å². The first kappa shape index (κ1) is 13.2. The highest BCUT2D eigenvalue weighted by molar-refractivity contribution is 6.32. The molecule has 102 valence electrons. The van der Waals surface area contributed by atoms with E-state index in [2.05, 4.69) is 12.1 Å². The second kappa shape index (κ2) is 5.29. The monoisotopic (exact) mass is 286 g/mol. The van der Waals surface area contributed by atoms with Crippen LogP contribution in [0, 0.1) is 0 Å². The average Bonchev–Trinajstić information content (AvgIpc) is 2.46. The Labute approximate surface area is 123 Å². The Kier molecular flexibility index (Phi) is 3.49. The first-order chi connectivity index (χ1) is 9.69. The molecule has 0 fully saturated rings. The molecule has 0 saturated carbocycles. The lowest BCUT2D eigenvalue weighted by Gasteiger charge is -2.26. The van der Waals surface area contributed by atoms with Gasteiger partial charge in [0.2, 0.25) is 0 Å². The van der Waals surface area contributed by atoms with Gasteiger partial charge < -0.3 is 4.74 Å². The van der Waals surface area contributed by atoms with E-state index in [0.29, 0.717) is 23.6 Å². The molecule has 0 heterocycles. The summed E-state index contributed by atoms with van der Waals surface area (Å²) in [6, 6.07) is 14.0. The number of benzene rings is 2. The number of ether oxygens (including phenoxy) is 1. The summed E-state index contributed by atoms with van der Waals surface area (Å²) in [5.74, 6) is 1.02. The van der Waals surface area contributed by atoms with Gasteiger partial charge in [-0.15, -0.1) is 0 Å². The zero-order valence-electron chi connectivity index (χ0n) is 11.2. The van der Waals surface area contributed by atoms with Crippen molar-refractivity contribution in [2.24, 2.45) is 0 Å². The second-order valence-electron chi connectivity index (χ2n) is 5.07. The highest BCUT2D eigenvalue weighted by Gasteiger charge is 2.27. The van der Waals surface area contributed by atoms with Gasteiger partial charge in [-0.2, -0.15) is 0 Å². The summed E-state index contributed by atoms with van der Waals surface area (Å²) < 4.78 is 5.31. The quantitative estimate of drug-likeness (QED) is 0.834. The minimum atomic E-state index is 0.0959. The number of fused-ring (bicyclic) bond motifs is 1. The van der Waals surface area contributed by atoms with E-state index in [1.165, 1.54) is 0 Å². The molecule has 0 bridgehead atoms. The fraction of sp³-hybridized carbons (Fsp3) is 0.235. The standard InChI is InChI=1S/C17H15ClO2/c1-20-17-10-15-12(8-16(17)18)7-13(19)9-14(15)11-5-3-2-4-6-11/h2-6,8,10,14H,7,9H2,1H3/t14-/m0/s1. The third kappa shape index (κ3) is 2.32. The fourth-order valence-electron chi connectivity index (χ4n) is 2.85. The van der Waals surface area contributed by atoms with Crippen LogP contribution in [-0.4, -0.2) is 12.9 Å². The molecule has 0 aliphatic heterocycles. The lowest BCUT2D eigenvalue weighted by molar-refractivity contribution is -0.119. The van der Waals surface area contributed by atoms with Crippen LogP contribution in [0.15, 0.2) is 42.5 Å². The predicted octanol–water partition coefficient (Wildman–Crippen LogP) is 4.00. The zero-order chi connectivity index (χ0) is 14.1. The van der Waals surface area contributed by atoms with Crippen molar-refractivity contribution >= 4 is 17.4 Å². The number of methoxy groups -OCH3 is 1. The summed E-state index contributed by atoms with van der Waals surface area (Å²) in [5, 5.41) is 0.563. The minimum absolute atomic E-state index is 0.0959. The number of hydrogen-bond acceptors (Lipinski definition) is 2. The Morgan fingerprint density at radius 3 is 2.65 bits per heavy atom. The lowest BCUT2D eigenvalue weighted by Crippen LogP contribution is -2.19. The highest BCUT2D eigenvalue weighted by Crippen LogP contribution is 2.39. The van der Waals surface area contributed by atoms with Crippen LogP contribution < -0.4 is 4.74 Å². The van der Waals surface area contributed by atoms with Gasteiger partial charge in [-0.1, -0.05) is 41.9 Å². The van der Waals surface area contributed by atoms with Gasteiger partial charge in [-0.05, 0) is 28.8 Å². The number of halogens is 1. The van der Waals surface area contributed by atoms with E-state index in [4.69, 9.17) is 16.3 Å². The molecule has 3 heteroatoms. The first-order valence-corrected chi connectivity index (χ1v) is 7.00. The molecule has 0 radical (unpaired) electrons. The largest absolute Gasteiger partial charge is 0.495 e. The Hall–Kier alpha value is -1.80. The van der Waals surface area contributed by atoms with Crippen LogP contribution in [0.1, 0.15) is 29.0 Å². The Morgan fingerprint density at radius 2 is 1.95 bits per heavy atom. The lowest BCUT2D eigenvalue weighted by atomic mass is 9.78. The van der Waals surface area contributed by atoms with E-state index in [-0.39, 0.29) is 11.7 Å². The molecular formula is C17H15ClO2. The maximum atomic E-state index is 12.0. The predicted molar refractivity (Wildman–Crippen MR) is 79.6 cm³/mol. The summed E-state index contributed by atoms with van der Waals surface area (Å²) >= 11 is 6.17. The van der Waals surface area contributed by atoms with E-state index < -0.39 is 0 Å². The second-order valence-corrected chi connectivity index (χ2v) is 5.48. The Balaban J connectivity index is 2.13. The third-order valence-electron chi connectivity index (χ3n) is 3.81. The molecule has 0 unspecified atom stereocenters. The van der Waals surface area contributed by atoms with Crippen LogP contribution in [0.2, 0.25) is 5.02 Å². The molecule has 0 amide bonds. The summed E-state index contributed by atoms with van der Waals surface area (Å²) in [6.07, 6.45) is 1.00. The molecular weight excluding hydrogens is 272 g/mol. The Bertz CT molecular complexity index is 650. The van der Waals surface area contributed by atoms with E-state index in [1.807, 2.05) is 30.3 Å². The van der Waals surface area contributed by atoms with E-state index in [1.54, 1.807) is 7.11 Å². The fourth-order valence-corrected chi connectivity index (χ4v) is 3.11. The highest BCUT2D eigenvalue weighted by atomic mass is 35.5. The summed E-state index contributed by atoms with van der Waals surface area (Å²) in [7, 11) is 1.61. The van der Waals surface area contributed by atoms with Crippen molar-refractivity contribution in [3.8, 4) is 5.75 Å². The zero-order valence-corrected chi connectivity index (χ0v) is 12.0. The topological polar surface area (TPSA) is 26.3 Å². The molecule has 2 aromatic carbocycles. The molecule has 1 aliphatic rings. The van der Waals surface area contributed by atoms with Gasteiger partial charge in [0.15, 0.2) is 0 Å². The molecule has 20 heavy (non-hydrogen) atoms. The number of carbonyl (C=O) groups is 1. The summed E-state index contributed by atoms with van der Waals surface area (Å²) in [5.41, 5.74) is 3.32. The number of hydrogen-bond donors (Lipinski definition) is 0. The number of rotatable bonds is 2. The van der Waals surface area contributed by atoms with Crippen LogP contribution in [0.3, 0.4) is 0 Å².